The Bertz CT molecular complexity index is 879. The number of hydrogen-bond donors (Lipinski definition) is 1. The van der Waals surface area contributed by atoms with Gasteiger partial charge in [-0.25, -0.2) is 13.8 Å². The number of hydrogen-bond acceptors (Lipinski definition) is 5. The van der Waals surface area contributed by atoms with Crippen molar-refractivity contribution in [3.05, 3.63) is 53.2 Å². The summed E-state index contributed by atoms with van der Waals surface area (Å²) in [6.45, 7) is 6.96. The van der Waals surface area contributed by atoms with E-state index < -0.39 is 11.6 Å². The van der Waals surface area contributed by atoms with E-state index in [9.17, 15) is 13.6 Å². The Hall–Kier alpha value is -3.03. The monoisotopic (exact) mass is 387 g/mol. The van der Waals surface area contributed by atoms with Crippen LogP contribution < -0.4 is 10.2 Å². The molecular weight excluding hydrogens is 364 g/mol. The lowest BCUT2D eigenvalue weighted by Crippen LogP contribution is -2.48. The van der Waals surface area contributed by atoms with Gasteiger partial charge in [-0.3, -0.25) is 4.79 Å². The molecule has 1 amide bonds. The van der Waals surface area contributed by atoms with Gasteiger partial charge in [0.05, 0.1) is 0 Å². The lowest BCUT2D eigenvalue weighted by Gasteiger charge is -2.35. The molecular formula is C20H23F2N5O. The molecule has 1 N–H and O–H groups in total. The van der Waals surface area contributed by atoms with Crippen molar-refractivity contribution in [2.45, 2.75) is 13.8 Å². The first-order chi connectivity index (χ1) is 13.5. The first-order valence-electron chi connectivity index (χ1n) is 9.23. The van der Waals surface area contributed by atoms with Crippen molar-refractivity contribution < 1.29 is 13.6 Å². The van der Waals surface area contributed by atoms with E-state index in [1.54, 1.807) is 4.90 Å². The fourth-order valence-electron chi connectivity index (χ4n) is 3.02. The molecule has 1 fully saturated rings. The summed E-state index contributed by atoms with van der Waals surface area (Å²) in [4.78, 5) is 25.0. The van der Waals surface area contributed by atoms with Crippen molar-refractivity contribution in [1.82, 2.24) is 14.9 Å². The number of carbonyl (C=O) groups is 1. The lowest BCUT2D eigenvalue weighted by molar-refractivity contribution is -0.126. The van der Waals surface area contributed by atoms with Crippen molar-refractivity contribution in [3.63, 3.8) is 0 Å². The highest BCUT2D eigenvalue weighted by molar-refractivity contribution is 5.92. The molecule has 1 aliphatic heterocycles. The Labute approximate surface area is 162 Å². The highest BCUT2D eigenvalue weighted by atomic mass is 19.1. The Morgan fingerprint density at radius 3 is 2.64 bits per heavy atom. The lowest BCUT2D eigenvalue weighted by atomic mass is 10.2. The van der Waals surface area contributed by atoms with Crippen LogP contribution in [0.4, 0.5) is 20.5 Å². The van der Waals surface area contributed by atoms with E-state index in [4.69, 9.17) is 0 Å². The van der Waals surface area contributed by atoms with Gasteiger partial charge in [-0.05, 0) is 38.1 Å². The molecule has 1 aromatic carbocycles. The second kappa shape index (κ2) is 8.77. The molecule has 2 aromatic rings. The van der Waals surface area contributed by atoms with Crippen molar-refractivity contribution in [3.8, 4) is 0 Å². The Morgan fingerprint density at radius 1 is 1.18 bits per heavy atom. The number of amides is 1. The van der Waals surface area contributed by atoms with E-state index >= 15 is 0 Å². The van der Waals surface area contributed by atoms with E-state index in [-0.39, 0.29) is 11.5 Å². The van der Waals surface area contributed by atoms with Gasteiger partial charge in [0.2, 0.25) is 11.9 Å². The van der Waals surface area contributed by atoms with Crippen molar-refractivity contribution in [2.75, 3.05) is 42.9 Å². The van der Waals surface area contributed by atoms with Gasteiger partial charge in [0.25, 0.3) is 0 Å². The van der Waals surface area contributed by atoms with Crippen molar-refractivity contribution in [2.24, 2.45) is 0 Å². The minimum Gasteiger partial charge on any atom is -0.354 e. The number of rotatable bonds is 5. The van der Waals surface area contributed by atoms with Crippen LogP contribution in [0.1, 0.15) is 18.2 Å². The number of halogens is 2. The third kappa shape index (κ3) is 4.82. The number of aryl methyl sites for hydroxylation is 1. The normalized spacial score (nSPS) is 14.6. The minimum atomic E-state index is -0.564. The van der Waals surface area contributed by atoms with Crippen LogP contribution in [0, 0.1) is 18.6 Å². The van der Waals surface area contributed by atoms with Crippen LogP contribution in [0.3, 0.4) is 0 Å². The standard InChI is InChI=1S/C20H23F2N5O/c1-3-23-20-24-14(2)12-18(25-20)26-8-10-27(11-9-26)19(28)7-4-15-13-16(21)5-6-17(15)22/h4-7,12-13H,3,8-11H2,1-2H3,(H,23,24,25)/b7-4+. The van der Waals surface area contributed by atoms with Gasteiger partial charge in [-0.2, -0.15) is 4.98 Å². The van der Waals surface area contributed by atoms with Gasteiger partial charge < -0.3 is 15.1 Å². The molecule has 0 atom stereocenters. The topological polar surface area (TPSA) is 61.4 Å². The zero-order chi connectivity index (χ0) is 20.1. The molecule has 6 nitrogen and oxygen atoms in total. The number of aromatic nitrogens is 2. The number of carbonyl (C=O) groups excluding carboxylic acids is 1. The quantitative estimate of drug-likeness (QED) is 0.800. The highest BCUT2D eigenvalue weighted by Gasteiger charge is 2.21. The fraction of sp³-hybridized carbons (Fsp3) is 0.350. The van der Waals surface area contributed by atoms with Gasteiger partial charge in [0, 0.05) is 56.1 Å². The maximum absolute atomic E-state index is 13.7. The fourth-order valence-corrected chi connectivity index (χ4v) is 3.02. The molecule has 148 valence electrons. The van der Waals surface area contributed by atoms with E-state index in [1.165, 1.54) is 12.2 Å². The van der Waals surface area contributed by atoms with Gasteiger partial charge in [0.15, 0.2) is 0 Å². The number of benzene rings is 1. The summed E-state index contributed by atoms with van der Waals surface area (Å²) in [5.41, 5.74) is 0.930. The Morgan fingerprint density at radius 2 is 1.93 bits per heavy atom. The number of nitrogens with one attached hydrogen (secondary N) is 1. The predicted octanol–water partition coefficient (Wildman–Crippen LogP) is 2.86. The minimum absolute atomic E-state index is 0.0550. The molecule has 1 aliphatic rings. The van der Waals surface area contributed by atoms with Crippen LogP contribution in [0.2, 0.25) is 0 Å². The zero-order valence-electron chi connectivity index (χ0n) is 16.0. The number of nitrogens with zero attached hydrogens (tertiary/aromatic N) is 4. The maximum atomic E-state index is 13.7. The van der Waals surface area contributed by atoms with Crippen LogP contribution >= 0.6 is 0 Å². The third-order valence-corrected chi connectivity index (χ3v) is 4.45. The van der Waals surface area contributed by atoms with Crippen molar-refractivity contribution >= 4 is 23.7 Å². The maximum Gasteiger partial charge on any atom is 0.246 e. The summed E-state index contributed by atoms with van der Waals surface area (Å²) < 4.78 is 26.9. The summed E-state index contributed by atoms with van der Waals surface area (Å²) in [5, 5.41) is 3.12. The summed E-state index contributed by atoms with van der Waals surface area (Å²) in [6, 6.07) is 5.08. The molecule has 0 radical (unpaired) electrons. The average Bonchev–Trinajstić information content (AvgIpc) is 2.68. The summed E-state index contributed by atoms with van der Waals surface area (Å²) in [5.74, 6) is 0.0876. The van der Waals surface area contributed by atoms with Crippen LogP contribution in [0.5, 0.6) is 0 Å². The van der Waals surface area contributed by atoms with Gasteiger partial charge in [0.1, 0.15) is 17.5 Å². The zero-order valence-corrected chi connectivity index (χ0v) is 16.0. The van der Waals surface area contributed by atoms with Crippen molar-refractivity contribution in [1.29, 1.82) is 0 Å². The summed E-state index contributed by atoms with van der Waals surface area (Å²) in [7, 11) is 0. The first kappa shape index (κ1) is 19.7. The molecule has 2 heterocycles. The van der Waals surface area contributed by atoms with Crippen LogP contribution in [-0.4, -0.2) is 53.5 Å². The third-order valence-electron chi connectivity index (χ3n) is 4.45. The Kier molecular flexibility index (Phi) is 6.18. The molecule has 1 aromatic heterocycles. The van der Waals surface area contributed by atoms with Crippen LogP contribution in [0.25, 0.3) is 6.08 Å². The van der Waals surface area contributed by atoms with Crippen LogP contribution in [-0.2, 0) is 4.79 Å². The Balaban J connectivity index is 1.61. The average molecular weight is 387 g/mol. The summed E-state index contributed by atoms with van der Waals surface area (Å²) in [6.07, 6.45) is 2.59. The van der Waals surface area contributed by atoms with Gasteiger partial charge in [-0.15, -0.1) is 0 Å². The van der Waals surface area contributed by atoms with Crippen LogP contribution in [0.15, 0.2) is 30.3 Å². The number of anilines is 2. The van der Waals surface area contributed by atoms with Gasteiger partial charge in [-0.1, -0.05) is 0 Å². The summed E-state index contributed by atoms with van der Waals surface area (Å²) >= 11 is 0. The van der Waals surface area contributed by atoms with E-state index in [2.05, 4.69) is 20.2 Å². The molecule has 0 unspecified atom stereocenters. The SMILES string of the molecule is CCNc1nc(C)cc(N2CCN(C(=O)/C=C/c3cc(F)ccc3F)CC2)n1. The molecule has 8 heteroatoms. The molecule has 1 saturated heterocycles. The molecule has 0 aliphatic carbocycles. The van der Waals surface area contributed by atoms with E-state index in [0.29, 0.717) is 32.1 Å². The molecule has 0 spiro atoms. The van der Waals surface area contributed by atoms with Gasteiger partial charge >= 0.3 is 0 Å². The second-order valence-electron chi connectivity index (χ2n) is 6.53. The van der Waals surface area contributed by atoms with E-state index in [1.807, 2.05) is 19.9 Å². The molecule has 3 rings (SSSR count). The second-order valence-corrected chi connectivity index (χ2v) is 6.53. The van der Waals surface area contributed by atoms with E-state index in [0.717, 1.165) is 36.3 Å². The molecule has 0 bridgehead atoms. The highest BCUT2D eigenvalue weighted by Crippen LogP contribution is 2.17. The number of piperazine rings is 1. The first-order valence-corrected chi connectivity index (χ1v) is 9.23. The predicted molar refractivity (Wildman–Crippen MR) is 105 cm³/mol. The molecule has 28 heavy (non-hydrogen) atoms. The molecule has 0 saturated carbocycles. The largest absolute Gasteiger partial charge is 0.354 e. The smallest absolute Gasteiger partial charge is 0.246 e.